The van der Waals surface area contributed by atoms with E-state index in [1.54, 1.807) is 0 Å². The minimum absolute atomic E-state index is 0.979. The summed E-state index contributed by atoms with van der Waals surface area (Å²) >= 11 is 2.18. The molecular formula is C14H27NS. The van der Waals surface area contributed by atoms with Gasteiger partial charge in [0.2, 0.25) is 0 Å². The number of unbranched alkanes of at least 4 members (excludes halogenated alkanes) is 2. The Bertz CT molecular complexity index is 174. The van der Waals surface area contributed by atoms with Gasteiger partial charge in [0.05, 0.1) is 0 Å². The van der Waals surface area contributed by atoms with Gasteiger partial charge in [-0.05, 0) is 49.8 Å². The van der Waals surface area contributed by atoms with Crippen molar-refractivity contribution in [3.05, 3.63) is 12.7 Å². The number of thioether (sulfide) groups is 1. The minimum Gasteiger partial charge on any atom is -0.300 e. The van der Waals surface area contributed by atoms with Crippen molar-refractivity contribution < 1.29 is 0 Å². The summed E-state index contributed by atoms with van der Waals surface area (Å²) in [5, 5.41) is 0. The Labute approximate surface area is 106 Å². The molecule has 1 saturated heterocycles. The van der Waals surface area contributed by atoms with Crippen LogP contribution < -0.4 is 0 Å². The van der Waals surface area contributed by atoms with Crippen molar-refractivity contribution in [2.75, 3.05) is 31.1 Å². The molecule has 0 aromatic heterocycles. The Hall–Kier alpha value is 0.0500. The lowest BCUT2D eigenvalue weighted by molar-refractivity contribution is 0.212. The quantitative estimate of drug-likeness (QED) is 0.469. The SMILES string of the molecule is C=CCN1CCC(CSCCCCC)CC1. The summed E-state index contributed by atoms with van der Waals surface area (Å²) in [4.78, 5) is 2.52. The molecule has 0 unspecified atom stereocenters. The molecule has 0 bridgehead atoms. The molecule has 0 radical (unpaired) electrons. The van der Waals surface area contributed by atoms with Crippen LogP contribution in [0.3, 0.4) is 0 Å². The number of nitrogens with zero attached hydrogens (tertiary/aromatic N) is 1. The zero-order chi connectivity index (χ0) is 11.6. The highest BCUT2D eigenvalue weighted by atomic mass is 32.2. The van der Waals surface area contributed by atoms with Crippen molar-refractivity contribution in [1.29, 1.82) is 0 Å². The maximum absolute atomic E-state index is 3.81. The van der Waals surface area contributed by atoms with E-state index in [9.17, 15) is 0 Å². The Morgan fingerprint density at radius 3 is 2.69 bits per heavy atom. The van der Waals surface area contributed by atoms with E-state index in [-0.39, 0.29) is 0 Å². The first-order valence-corrected chi connectivity index (χ1v) is 7.93. The second-order valence-electron chi connectivity index (χ2n) is 4.81. The monoisotopic (exact) mass is 241 g/mol. The fourth-order valence-electron chi connectivity index (χ4n) is 2.22. The first-order chi connectivity index (χ1) is 7.86. The summed E-state index contributed by atoms with van der Waals surface area (Å²) in [5.41, 5.74) is 0. The molecule has 1 heterocycles. The Kier molecular flexibility index (Phi) is 8.04. The number of hydrogen-bond donors (Lipinski definition) is 0. The Morgan fingerprint density at radius 1 is 1.31 bits per heavy atom. The first-order valence-electron chi connectivity index (χ1n) is 6.77. The molecule has 0 atom stereocenters. The van der Waals surface area contributed by atoms with E-state index in [0.29, 0.717) is 0 Å². The number of piperidine rings is 1. The molecule has 0 amide bonds. The number of rotatable bonds is 8. The summed E-state index contributed by atoms with van der Waals surface area (Å²) in [6.45, 7) is 9.73. The van der Waals surface area contributed by atoms with Crippen LogP contribution in [0.5, 0.6) is 0 Å². The van der Waals surface area contributed by atoms with Crippen molar-refractivity contribution >= 4 is 11.8 Å². The lowest BCUT2D eigenvalue weighted by Crippen LogP contribution is -2.34. The zero-order valence-corrected chi connectivity index (χ0v) is 11.6. The number of hydrogen-bond acceptors (Lipinski definition) is 2. The molecule has 0 N–H and O–H groups in total. The molecule has 1 aliphatic heterocycles. The van der Waals surface area contributed by atoms with E-state index in [4.69, 9.17) is 0 Å². The fraction of sp³-hybridized carbons (Fsp3) is 0.857. The van der Waals surface area contributed by atoms with Gasteiger partial charge in [-0.25, -0.2) is 0 Å². The molecular weight excluding hydrogens is 214 g/mol. The van der Waals surface area contributed by atoms with Crippen LogP contribution in [0.25, 0.3) is 0 Å². The summed E-state index contributed by atoms with van der Waals surface area (Å²) in [5.74, 6) is 3.75. The molecule has 2 heteroatoms. The highest BCUT2D eigenvalue weighted by Crippen LogP contribution is 2.22. The second kappa shape index (κ2) is 9.12. The van der Waals surface area contributed by atoms with Crippen LogP contribution in [0.1, 0.15) is 39.0 Å². The van der Waals surface area contributed by atoms with Gasteiger partial charge in [0, 0.05) is 6.54 Å². The van der Waals surface area contributed by atoms with Crippen molar-refractivity contribution in [3.63, 3.8) is 0 Å². The average molecular weight is 241 g/mol. The summed E-state index contributed by atoms with van der Waals surface area (Å²) < 4.78 is 0. The predicted molar refractivity (Wildman–Crippen MR) is 76.2 cm³/mol. The number of likely N-dealkylation sites (tertiary alicyclic amines) is 1. The van der Waals surface area contributed by atoms with Crippen molar-refractivity contribution in [3.8, 4) is 0 Å². The third kappa shape index (κ3) is 5.95. The molecule has 1 fully saturated rings. The highest BCUT2D eigenvalue weighted by Gasteiger charge is 2.17. The second-order valence-corrected chi connectivity index (χ2v) is 5.96. The topological polar surface area (TPSA) is 3.24 Å². The van der Waals surface area contributed by atoms with Crippen molar-refractivity contribution in [2.24, 2.45) is 5.92 Å². The summed E-state index contributed by atoms with van der Waals surface area (Å²) in [6.07, 6.45) is 8.99. The van der Waals surface area contributed by atoms with Crippen LogP contribution in [0.15, 0.2) is 12.7 Å². The Morgan fingerprint density at radius 2 is 2.06 bits per heavy atom. The summed E-state index contributed by atoms with van der Waals surface area (Å²) in [7, 11) is 0. The molecule has 1 rings (SSSR count). The highest BCUT2D eigenvalue weighted by molar-refractivity contribution is 7.99. The van der Waals surface area contributed by atoms with E-state index in [2.05, 4.69) is 30.2 Å². The van der Waals surface area contributed by atoms with Crippen LogP contribution >= 0.6 is 11.8 Å². The Balaban J connectivity index is 1.97. The van der Waals surface area contributed by atoms with E-state index < -0.39 is 0 Å². The standard InChI is InChI=1S/C14H27NS/c1-3-5-6-12-16-13-14-7-10-15(9-4-2)11-8-14/h4,14H,2-3,5-13H2,1H3. The van der Waals surface area contributed by atoms with Crippen LogP contribution in [0, 0.1) is 5.92 Å². The molecule has 1 aliphatic rings. The van der Waals surface area contributed by atoms with Gasteiger partial charge in [-0.3, -0.25) is 4.90 Å². The molecule has 0 saturated carbocycles. The molecule has 16 heavy (non-hydrogen) atoms. The van der Waals surface area contributed by atoms with Crippen LogP contribution in [-0.4, -0.2) is 36.0 Å². The lowest BCUT2D eigenvalue weighted by atomic mass is 9.99. The predicted octanol–water partition coefficient (Wildman–Crippen LogP) is 3.81. The van der Waals surface area contributed by atoms with Crippen molar-refractivity contribution in [2.45, 2.75) is 39.0 Å². The molecule has 0 aliphatic carbocycles. The van der Waals surface area contributed by atoms with E-state index in [0.717, 1.165) is 12.5 Å². The van der Waals surface area contributed by atoms with Gasteiger partial charge in [0.1, 0.15) is 0 Å². The fourth-order valence-corrected chi connectivity index (χ4v) is 3.46. The maximum Gasteiger partial charge on any atom is 0.0160 e. The van der Waals surface area contributed by atoms with Gasteiger partial charge >= 0.3 is 0 Å². The zero-order valence-electron chi connectivity index (χ0n) is 10.8. The minimum atomic E-state index is 0.979. The van der Waals surface area contributed by atoms with Crippen LogP contribution in [0.2, 0.25) is 0 Å². The maximum atomic E-state index is 3.81. The largest absolute Gasteiger partial charge is 0.300 e. The van der Waals surface area contributed by atoms with Gasteiger partial charge < -0.3 is 0 Å². The normalized spacial score (nSPS) is 18.8. The van der Waals surface area contributed by atoms with Gasteiger partial charge in [-0.2, -0.15) is 11.8 Å². The molecule has 94 valence electrons. The van der Waals surface area contributed by atoms with Crippen LogP contribution in [0.4, 0.5) is 0 Å². The molecule has 0 aromatic rings. The van der Waals surface area contributed by atoms with Gasteiger partial charge in [0.25, 0.3) is 0 Å². The molecule has 1 nitrogen and oxygen atoms in total. The molecule has 0 aromatic carbocycles. The van der Waals surface area contributed by atoms with Crippen molar-refractivity contribution in [1.82, 2.24) is 4.90 Å². The average Bonchev–Trinajstić information content (AvgIpc) is 2.31. The van der Waals surface area contributed by atoms with E-state index >= 15 is 0 Å². The third-order valence-corrected chi connectivity index (χ3v) is 4.62. The van der Waals surface area contributed by atoms with Gasteiger partial charge in [0.15, 0.2) is 0 Å². The van der Waals surface area contributed by atoms with Gasteiger partial charge in [-0.15, -0.1) is 6.58 Å². The smallest absolute Gasteiger partial charge is 0.0160 e. The van der Waals surface area contributed by atoms with E-state index in [1.807, 2.05) is 6.08 Å². The van der Waals surface area contributed by atoms with Crippen LogP contribution in [-0.2, 0) is 0 Å². The third-order valence-electron chi connectivity index (χ3n) is 3.34. The van der Waals surface area contributed by atoms with E-state index in [1.165, 1.54) is 56.7 Å². The molecule has 0 spiro atoms. The van der Waals surface area contributed by atoms with Gasteiger partial charge in [-0.1, -0.05) is 25.8 Å². The summed E-state index contributed by atoms with van der Waals surface area (Å²) in [6, 6.07) is 0. The lowest BCUT2D eigenvalue weighted by Gasteiger charge is -2.30. The first kappa shape index (κ1) is 14.1.